The van der Waals surface area contributed by atoms with Crippen LogP contribution in [0.15, 0.2) is 18.2 Å². The van der Waals surface area contributed by atoms with Crippen LogP contribution in [0.25, 0.3) is 0 Å². The number of quaternary nitrogens is 1. The monoisotopic (exact) mass is 391 g/mol. The number of ether oxygens (including phenoxy) is 1. The van der Waals surface area contributed by atoms with E-state index in [1.807, 2.05) is 0 Å². The Labute approximate surface area is 156 Å². The molecule has 0 unspecified atom stereocenters. The number of rotatable bonds is 5. The minimum Gasteiger partial charge on any atom is -0.370 e. The van der Waals surface area contributed by atoms with Crippen molar-refractivity contribution in [3.8, 4) is 0 Å². The third kappa shape index (κ3) is 6.41. The first-order valence-electron chi connectivity index (χ1n) is 7.77. The minimum absolute atomic E-state index is 0.287. The van der Waals surface area contributed by atoms with Crippen LogP contribution in [0.3, 0.4) is 0 Å². The third-order valence-corrected chi connectivity index (χ3v) is 4.47. The molecule has 0 spiro atoms. The van der Waals surface area contributed by atoms with E-state index in [-0.39, 0.29) is 5.56 Å². The predicted molar refractivity (Wildman–Crippen MR) is 98.7 cm³/mol. The lowest BCUT2D eigenvalue weighted by molar-refractivity contribution is -0.908. The van der Waals surface area contributed by atoms with Gasteiger partial charge < -0.3 is 15.0 Å². The number of nitrogens with one attached hydrogen (secondary N) is 4. The van der Waals surface area contributed by atoms with E-state index in [0.717, 1.165) is 45.8 Å². The first kappa shape index (κ1) is 19.2. The van der Waals surface area contributed by atoms with E-state index < -0.39 is 5.91 Å². The van der Waals surface area contributed by atoms with Gasteiger partial charge >= 0.3 is 0 Å². The molecule has 2 rings (SSSR count). The summed E-state index contributed by atoms with van der Waals surface area (Å²) in [5.41, 5.74) is 5.45. The normalized spacial score (nSPS) is 14.9. The molecule has 4 N–H and O–H groups in total. The van der Waals surface area contributed by atoms with Gasteiger partial charge in [0.1, 0.15) is 13.1 Å². The Bertz CT molecular complexity index is 583. The number of morpholine rings is 1. The van der Waals surface area contributed by atoms with E-state index in [4.69, 9.17) is 40.2 Å². The quantitative estimate of drug-likeness (QED) is 0.332. The molecule has 0 bridgehead atoms. The lowest BCUT2D eigenvalue weighted by Gasteiger charge is -2.23. The summed E-state index contributed by atoms with van der Waals surface area (Å²) in [5, 5.41) is 4.18. The summed E-state index contributed by atoms with van der Waals surface area (Å²) < 4.78 is 5.33. The number of hydrogen-bond donors (Lipinski definition) is 4. The van der Waals surface area contributed by atoms with Gasteiger partial charge in [0.05, 0.1) is 30.3 Å². The first-order valence-corrected chi connectivity index (χ1v) is 8.93. The molecule has 1 aliphatic rings. The van der Waals surface area contributed by atoms with E-state index in [1.165, 1.54) is 6.07 Å². The fraction of sp³-hybridized carbons (Fsp3) is 0.467. The summed E-state index contributed by atoms with van der Waals surface area (Å²) in [7, 11) is 0. The number of benzene rings is 1. The van der Waals surface area contributed by atoms with Gasteiger partial charge in [0.15, 0.2) is 5.11 Å². The zero-order valence-electron chi connectivity index (χ0n) is 13.2. The Hall–Kier alpha value is -1.12. The van der Waals surface area contributed by atoms with Crippen molar-refractivity contribution in [2.45, 2.75) is 6.42 Å². The standard InChI is InChI=1S/C15H20Cl2N4O2S/c16-11-2-3-13(17)12(10-11)14(22)19-20-15(24)18-4-1-5-21-6-8-23-9-7-21/h2-3,10H,1,4-9H2,(H,19,22)(H2,18,20,24)/p+1. The Morgan fingerprint density at radius 2 is 2.00 bits per heavy atom. The molecule has 1 aliphatic heterocycles. The van der Waals surface area contributed by atoms with Gasteiger partial charge in [-0.2, -0.15) is 0 Å². The van der Waals surface area contributed by atoms with Crippen molar-refractivity contribution in [1.82, 2.24) is 16.2 Å². The maximum atomic E-state index is 12.0. The number of halogens is 2. The molecular weight excluding hydrogens is 371 g/mol. The van der Waals surface area contributed by atoms with Crippen molar-refractivity contribution in [3.63, 3.8) is 0 Å². The van der Waals surface area contributed by atoms with E-state index in [9.17, 15) is 4.79 Å². The van der Waals surface area contributed by atoms with Gasteiger partial charge in [0.25, 0.3) is 5.91 Å². The van der Waals surface area contributed by atoms with E-state index >= 15 is 0 Å². The number of thiocarbonyl (C=S) groups is 1. The molecule has 1 aromatic rings. The molecule has 132 valence electrons. The van der Waals surface area contributed by atoms with Crippen molar-refractivity contribution < 1.29 is 14.4 Å². The highest BCUT2D eigenvalue weighted by molar-refractivity contribution is 7.80. The molecular formula is C15H21Cl2N4O2S+. The van der Waals surface area contributed by atoms with Crippen molar-refractivity contribution in [1.29, 1.82) is 0 Å². The molecule has 1 aromatic carbocycles. The van der Waals surface area contributed by atoms with Gasteiger partial charge in [0.2, 0.25) is 0 Å². The zero-order valence-corrected chi connectivity index (χ0v) is 15.5. The number of carbonyl (C=O) groups is 1. The highest BCUT2D eigenvalue weighted by Gasteiger charge is 2.13. The number of hydrogen-bond acceptors (Lipinski definition) is 3. The Morgan fingerprint density at radius 1 is 1.25 bits per heavy atom. The molecule has 6 nitrogen and oxygen atoms in total. The topological polar surface area (TPSA) is 66.8 Å². The fourth-order valence-corrected chi connectivity index (χ4v) is 2.88. The molecule has 24 heavy (non-hydrogen) atoms. The molecule has 1 heterocycles. The summed E-state index contributed by atoms with van der Waals surface area (Å²) in [6, 6.07) is 4.70. The van der Waals surface area contributed by atoms with Crippen LogP contribution in [0.2, 0.25) is 10.0 Å². The van der Waals surface area contributed by atoms with Crippen molar-refractivity contribution in [3.05, 3.63) is 33.8 Å². The zero-order chi connectivity index (χ0) is 17.4. The van der Waals surface area contributed by atoms with Crippen LogP contribution < -0.4 is 21.1 Å². The van der Waals surface area contributed by atoms with Gasteiger partial charge in [-0.3, -0.25) is 15.6 Å². The van der Waals surface area contributed by atoms with Gasteiger partial charge in [-0.05, 0) is 30.4 Å². The van der Waals surface area contributed by atoms with Crippen LogP contribution in [0.4, 0.5) is 0 Å². The molecule has 0 radical (unpaired) electrons. The summed E-state index contributed by atoms with van der Waals surface area (Å²) in [4.78, 5) is 13.6. The second-order valence-corrected chi connectivity index (χ2v) is 6.68. The highest BCUT2D eigenvalue weighted by atomic mass is 35.5. The maximum absolute atomic E-state index is 12.0. The number of hydrazine groups is 1. The average molecular weight is 392 g/mol. The summed E-state index contributed by atoms with van der Waals surface area (Å²) in [5.74, 6) is -0.399. The Balaban J connectivity index is 1.63. The molecule has 1 fully saturated rings. The van der Waals surface area contributed by atoms with Crippen molar-refractivity contribution in [2.75, 3.05) is 39.4 Å². The summed E-state index contributed by atoms with van der Waals surface area (Å²) >= 11 is 17.0. The fourth-order valence-electron chi connectivity index (χ4n) is 2.35. The van der Waals surface area contributed by atoms with E-state index in [2.05, 4.69) is 16.2 Å². The van der Waals surface area contributed by atoms with Crippen LogP contribution in [0, 0.1) is 0 Å². The predicted octanol–water partition coefficient (Wildman–Crippen LogP) is 0.408. The Kier molecular flexibility index (Phi) is 8.01. The number of carbonyl (C=O) groups excluding carboxylic acids is 1. The van der Waals surface area contributed by atoms with Crippen molar-refractivity contribution in [2.24, 2.45) is 0 Å². The smallest absolute Gasteiger partial charge is 0.271 e. The minimum atomic E-state index is -0.399. The second-order valence-electron chi connectivity index (χ2n) is 5.43. The van der Waals surface area contributed by atoms with Gasteiger partial charge in [-0.15, -0.1) is 0 Å². The largest absolute Gasteiger partial charge is 0.370 e. The summed E-state index contributed by atoms with van der Waals surface area (Å²) in [6.45, 7) is 5.59. The molecule has 0 aliphatic carbocycles. The molecule has 0 atom stereocenters. The van der Waals surface area contributed by atoms with Crippen LogP contribution in [0.5, 0.6) is 0 Å². The van der Waals surface area contributed by atoms with Gasteiger partial charge in [-0.1, -0.05) is 23.2 Å². The molecule has 0 saturated carbocycles. The van der Waals surface area contributed by atoms with E-state index in [0.29, 0.717) is 15.2 Å². The third-order valence-electron chi connectivity index (χ3n) is 3.66. The van der Waals surface area contributed by atoms with E-state index in [1.54, 1.807) is 17.0 Å². The lowest BCUT2D eigenvalue weighted by atomic mass is 10.2. The lowest BCUT2D eigenvalue weighted by Crippen LogP contribution is -3.14. The van der Waals surface area contributed by atoms with Crippen molar-refractivity contribution >= 4 is 46.4 Å². The summed E-state index contributed by atoms with van der Waals surface area (Å²) in [6.07, 6.45) is 0.991. The first-order chi connectivity index (χ1) is 11.6. The van der Waals surface area contributed by atoms with Crippen LogP contribution in [0.1, 0.15) is 16.8 Å². The van der Waals surface area contributed by atoms with Crippen LogP contribution >= 0.6 is 35.4 Å². The molecule has 0 aromatic heterocycles. The number of amides is 1. The average Bonchev–Trinajstić information content (AvgIpc) is 2.59. The SMILES string of the molecule is O=C(NNC(=S)NCCC[NH+]1CCOCC1)c1cc(Cl)ccc1Cl. The molecule has 9 heteroatoms. The second kappa shape index (κ2) is 10.0. The molecule has 1 saturated heterocycles. The Morgan fingerprint density at radius 3 is 2.75 bits per heavy atom. The molecule has 1 amide bonds. The highest BCUT2D eigenvalue weighted by Crippen LogP contribution is 2.20. The maximum Gasteiger partial charge on any atom is 0.271 e. The van der Waals surface area contributed by atoms with Crippen LogP contribution in [-0.4, -0.2) is 50.4 Å². The van der Waals surface area contributed by atoms with Crippen LogP contribution in [-0.2, 0) is 4.74 Å². The van der Waals surface area contributed by atoms with Gasteiger partial charge in [-0.25, -0.2) is 0 Å². The van der Waals surface area contributed by atoms with Gasteiger partial charge in [0, 0.05) is 18.0 Å².